The van der Waals surface area contributed by atoms with Gasteiger partial charge in [-0.05, 0) is 44.6 Å². The van der Waals surface area contributed by atoms with E-state index in [0.29, 0.717) is 12.4 Å². The lowest BCUT2D eigenvalue weighted by atomic mass is 9.90. The summed E-state index contributed by atoms with van der Waals surface area (Å²) in [5, 5.41) is 0. The van der Waals surface area contributed by atoms with Crippen molar-refractivity contribution in [1.29, 1.82) is 0 Å². The fraction of sp³-hybridized carbons (Fsp3) is 0.769. The van der Waals surface area contributed by atoms with Crippen molar-refractivity contribution in [3.05, 3.63) is 11.6 Å². The van der Waals surface area contributed by atoms with E-state index in [-0.39, 0.29) is 5.92 Å². The van der Waals surface area contributed by atoms with Gasteiger partial charge in [-0.15, -0.1) is 0 Å². The molecule has 0 N–H and O–H groups in total. The normalized spacial score (nSPS) is 27.5. The van der Waals surface area contributed by atoms with Gasteiger partial charge in [-0.25, -0.2) is 0 Å². The Kier molecular flexibility index (Phi) is 3.95. The first-order valence-electron chi connectivity index (χ1n) is 6.17. The van der Waals surface area contributed by atoms with Gasteiger partial charge in [0.1, 0.15) is 0 Å². The predicted octanol–water partition coefficient (Wildman–Crippen LogP) is 2.87. The van der Waals surface area contributed by atoms with E-state index in [0.717, 1.165) is 32.3 Å². The number of ether oxygens (including phenoxy) is 1. The van der Waals surface area contributed by atoms with E-state index in [2.05, 4.69) is 0 Å². The Morgan fingerprint density at radius 3 is 2.67 bits per heavy atom. The van der Waals surface area contributed by atoms with Crippen LogP contribution in [0.4, 0.5) is 0 Å². The summed E-state index contributed by atoms with van der Waals surface area (Å²) in [6, 6.07) is 0. The number of carbonyl (C=O) groups is 1. The minimum atomic E-state index is 0.146. The summed E-state index contributed by atoms with van der Waals surface area (Å²) >= 11 is 0. The van der Waals surface area contributed by atoms with E-state index in [4.69, 9.17) is 4.74 Å². The van der Waals surface area contributed by atoms with Gasteiger partial charge in [-0.1, -0.05) is 12.0 Å². The minimum Gasteiger partial charge on any atom is -0.381 e. The van der Waals surface area contributed by atoms with Gasteiger partial charge in [0.2, 0.25) is 0 Å². The zero-order chi connectivity index (χ0) is 10.5. The fourth-order valence-electron chi connectivity index (χ4n) is 2.43. The van der Waals surface area contributed by atoms with Crippen LogP contribution >= 0.6 is 0 Å². The smallest absolute Gasteiger partial charge is 0.161 e. The molecule has 15 heavy (non-hydrogen) atoms. The molecule has 1 aliphatic heterocycles. The van der Waals surface area contributed by atoms with Gasteiger partial charge in [0.25, 0.3) is 0 Å². The molecule has 2 heteroatoms. The van der Waals surface area contributed by atoms with Crippen molar-refractivity contribution in [2.75, 3.05) is 13.2 Å². The van der Waals surface area contributed by atoms with Crippen LogP contribution in [0.2, 0.25) is 0 Å². The van der Waals surface area contributed by atoms with E-state index in [9.17, 15) is 4.79 Å². The lowest BCUT2D eigenvalue weighted by Gasteiger charge is -2.20. The van der Waals surface area contributed by atoms with E-state index in [1.807, 2.05) is 6.08 Å². The van der Waals surface area contributed by atoms with Crippen LogP contribution in [0.5, 0.6) is 0 Å². The summed E-state index contributed by atoms with van der Waals surface area (Å²) in [4.78, 5) is 11.9. The molecule has 0 aromatic carbocycles. The molecule has 0 aromatic rings. The molecule has 1 aliphatic carbocycles. The lowest BCUT2D eigenvalue weighted by molar-refractivity contribution is -0.122. The third-order valence-electron chi connectivity index (χ3n) is 3.40. The van der Waals surface area contributed by atoms with E-state index in [1.54, 1.807) is 0 Å². The quantitative estimate of drug-likeness (QED) is 0.652. The number of rotatable bonds is 2. The Balaban J connectivity index is 1.88. The van der Waals surface area contributed by atoms with Crippen LogP contribution in [0.3, 0.4) is 0 Å². The van der Waals surface area contributed by atoms with Crippen LogP contribution in [-0.4, -0.2) is 19.0 Å². The average Bonchev–Trinajstić information content (AvgIpc) is 2.31. The lowest BCUT2D eigenvalue weighted by Crippen LogP contribution is -2.24. The molecule has 0 aromatic heterocycles. The van der Waals surface area contributed by atoms with Gasteiger partial charge in [0.05, 0.1) is 6.61 Å². The van der Waals surface area contributed by atoms with Crippen LogP contribution in [0, 0.1) is 5.92 Å². The highest BCUT2D eigenvalue weighted by atomic mass is 16.5. The zero-order valence-electron chi connectivity index (χ0n) is 9.34. The molecule has 2 rings (SSSR count). The standard InChI is InChI=1S/C13H20O2/c14-13(12-7-4-8-15-10-12)9-11-5-2-1-3-6-11/h9,12H,1-8,10H2. The molecular formula is C13H20O2. The molecule has 1 saturated carbocycles. The number of carbonyl (C=O) groups excluding carboxylic acids is 1. The molecule has 1 saturated heterocycles. The molecular weight excluding hydrogens is 188 g/mol. The molecule has 0 bridgehead atoms. The van der Waals surface area contributed by atoms with Crippen LogP contribution in [-0.2, 0) is 9.53 Å². The second-order valence-electron chi connectivity index (χ2n) is 4.68. The van der Waals surface area contributed by atoms with Gasteiger partial charge >= 0.3 is 0 Å². The Hall–Kier alpha value is -0.630. The van der Waals surface area contributed by atoms with E-state index < -0.39 is 0 Å². The Bertz CT molecular complexity index is 241. The molecule has 2 nitrogen and oxygen atoms in total. The predicted molar refractivity (Wildman–Crippen MR) is 59.7 cm³/mol. The van der Waals surface area contributed by atoms with Crippen molar-refractivity contribution in [3.8, 4) is 0 Å². The monoisotopic (exact) mass is 208 g/mol. The zero-order valence-corrected chi connectivity index (χ0v) is 9.34. The maximum atomic E-state index is 11.9. The highest BCUT2D eigenvalue weighted by Crippen LogP contribution is 2.24. The van der Waals surface area contributed by atoms with Crippen molar-refractivity contribution >= 4 is 5.78 Å². The third-order valence-corrected chi connectivity index (χ3v) is 3.40. The highest BCUT2D eigenvalue weighted by Gasteiger charge is 2.20. The highest BCUT2D eigenvalue weighted by molar-refractivity contribution is 5.92. The van der Waals surface area contributed by atoms with Gasteiger partial charge in [-0.3, -0.25) is 4.79 Å². The second-order valence-corrected chi connectivity index (χ2v) is 4.68. The van der Waals surface area contributed by atoms with Gasteiger partial charge in [-0.2, -0.15) is 0 Å². The van der Waals surface area contributed by atoms with Crippen molar-refractivity contribution in [2.24, 2.45) is 5.92 Å². The summed E-state index contributed by atoms with van der Waals surface area (Å²) in [7, 11) is 0. The number of allylic oxidation sites excluding steroid dienone is 2. The molecule has 1 heterocycles. The van der Waals surface area contributed by atoms with Crippen molar-refractivity contribution < 1.29 is 9.53 Å². The first kappa shape index (κ1) is 10.9. The van der Waals surface area contributed by atoms with Gasteiger partial charge in [0, 0.05) is 12.5 Å². The summed E-state index contributed by atoms with van der Waals surface area (Å²) < 4.78 is 5.34. The first-order chi connectivity index (χ1) is 7.36. The Morgan fingerprint density at radius 1 is 1.20 bits per heavy atom. The van der Waals surface area contributed by atoms with Crippen molar-refractivity contribution in [2.45, 2.75) is 44.9 Å². The topological polar surface area (TPSA) is 26.3 Å². The summed E-state index contributed by atoms with van der Waals surface area (Å²) in [6.07, 6.45) is 10.1. The van der Waals surface area contributed by atoms with E-state index >= 15 is 0 Å². The van der Waals surface area contributed by atoms with Gasteiger partial charge < -0.3 is 4.74 Å². The molecule has 1 unspecified atom stereocenters. The minimum absolute atomic E-state index is 0.146. The van der Waals surface area contributed by atoms with E-state index in [1.165, 1.54) is 24.8 Å². The van der Waals surface area contributed by atoms with Crippen LogP contribution in [0.1, 0.15) is 44.9 Å². The van der Waals surface area contributed by atoms with Gasteiger partial charge in [0.15, 0.2) is 5.78 Å². The average molecular weight is 208 g/mol. The molecule has 2 aliphatic rings. The largest absolute Gasteiger partial charge is 0.381 e. The van der Waals surface area contributed by atoms with Crippen LogP contribution in [0.25, 0.3) is 0 Å². The van der Waals surface area contributed by atoms with Crippen molar-refractivity contribution in [1.82, 2.24) is 0 Å². The SMILES string of the molecule is O=C(C=C1CCCCC1)C1CCCOC1. The summed E-state index contributed by atoms with van der Waals surface area (Å²) in [6.45, 7) is 1.48. The molecule has 84 valence electrons. The van der Waals surface area contributed by atoms with Crippen LogP contribution < -0.4 is 0 Å². The number of hydrogen-bond acceptors (Lipinski definition) is 2. The molecule has 1 atom stereocenters. The molecule has 0 spiro atoms. The van der Waals surface area contributed by atoms with Crippen molar-refractivity contribution in [3.63, 3.8) is 0 Å². The summed E-state index contributed by atoms with van der Waals surface area (Å²) in [5.74, 6) is 0.458. The molecule has 0 radical (unpaired) electrons. The number of ketones is 1. The molecule has 0 amide bonds. The maximum Gasteiger partial charge on any atom is 0.161 e. The third kappa shape index (κ3) is 3.16. The van der Waals surface area contributed by atoms with Crippen LogP contribution in [0.15, 0.2) is 11.6 Å². The Labute approximate surface area is 91.7 Å². The second kappa shape index (κ2) is 5.45. The fourth-order valence-corrected chi connectivity index (χ4v) is 2.43. The number of hydrogen-bond donors (Lipinski definition) is 0. The molecule has 2 fully saturated rings. The summed E-state index contributed by atoms with van der Waals surface area (Å²) in [5.41, 5.74) is 1.37. The Morgan fingerprint density at radius 2 is 2.00 bits per heavy atom. The first-order valence-corrected chi connectivity index (χ1v) is 6.17. The maximum absolute atomic E-state index is 11.9.